The molecule has 0 atom stereocenters. The highest BCUT2D eigenvalue weighted by atomic mass is 16.1. The number of nitrogens with zero attached hydrogens (tertiary/aromatic N) is 1. The number of hydrogen-bond donors (Lipinski definition) is 2. The molecule has 0 aliphatic rings. The third-order valence-corrected chi connectivity index (χ3v) is 3.31. The van der Waals surface area contributed by atoms with Crippen molar-refractivity contribution < 1.29 is 4.79 Å². The number of H-pyrrole nitrogens is 1. The van der Waals surface area contributed by atoms with Gasteiger partial charge in [-0.25, -0.2) is 4.98 Å². The monoisotopic (exact) mass is 277 g/mol. The number of nitrogens with one attached hydrogen (secondary N) is 1. The minimum Gasteiger partial charge on any atom is -0.369 e. The second kappa shape index (κ2) is 5.25. The van der Waals surface area contributed by atoms with Gasteiger partial charge in [-0.15, -0.1) is 0 Å². The summed E-state index contributed by atoms with van der Waals surface area (Å²) in [7, 11) is 0. The number of carbonyl (C=O) groups is 1. The van der Waals surface area contributed by atoms with Crippen molar-refractivity contribution in [3.05, 3.63) is 71.4 Å². The number of imidazole rings is 1. The Morgan fingerprint density at radius 1 is 1.05 bits per heavy atom. The average molecular weight is 277 g/mol. The Bertz CT molecular complexity index is 774. The van der Waals surface area contributed by atoms with Crippen LogP contribution in [0.25, 0.3) is 11.3 Å². The van der Waals surface area contributed by atoms with Gasteiger partial charge in [0.25, 0.3) is 0 Å². The Hall–Kier alpha value is -2.88. The molecule has 3 N–H and O–H groups in total. The van der Waals surface area contributed by atoms with Crippen molar-refractivity contribution >= 4 is 11.7 Å². The van der Waals surface area contributed by atoms with E-state index in [9.17, 15) is 4.79 Å². The topological polar surface area (TPSA) is 71.8 Å². The van der Waals surface area contributed by atoms with Gasteiger partial charge in [0.2, 0.25) is 5.78 Å². The molecule has 0 bridgehead atoms. The summed E-state index contributed by atoms with van der Waals surface area (Å²) in [5.41, 5.74) is 9.32. The molecule has 21 heavy (non-hydrogen) atoms. The minimum atomic E-state index is -0.113. The zero-order valence-corrected chi connectivity index (χ0v) is 11.6. The van der Waals surface area contributed by atoms with Crippen LogP contribution in [0.3, 0.4) is 0 Å². The van der Waals surface area contributed by atoms with Crippen LogP contribution in [-0.2, 0) is 0 Å². The van der Waals surface area contributed by atoms with Crippen LogP contribution in [0.5, 0.6) is 0 Å². The van der Waals surface area contributed by atoms with Crippen molar-refractivity contribution in [3.8, 4) is 11.3 Å². The van der Waals surface area contributed by atoms with Crippen LogP contribution < -0.4 is 5.73 Å². The van der Waals surface area contributed by atoms with Crippen molar-refractivity contribution in [2.45, 2.75) is 6.92 Å². The van der Waals surface area contributed by atoms with Crippen LogP contribution in [-0.4, -0.2) is 15.8 Å². The first-order chi connectivity index (χ1) is 10.1. The van der Waals surface area contributed by atoms with Crippen molar-refractivity contribution in [3.63, 3.8) is 0 Å². The number of hydrogen-bond acceptors (Lipinski definition) is 3. The Balaban J connectivity index is 2.07. The molecule has 2 aromatic carbocycles. The predicted molar refractivity (Wildman–Crippen MR) is 83.0 cm³/mol. The third kappa shape index (κ3) is 2.56. The Morgan fingerprint density at radius 3 is 2.38 bits per heavy atom. The highest BCUT2D eigenvalue weighted by Gasteiger charge is 2.19. The van der Waals surface area contributed by atoms with Gasteiger partial charge in [-0.3, -0.25) is 4.79 Å². The molecule has 3 rings (SSSR count). The highest BCUT2D eigenvalue weighted by Crippen LogP contribution is 2.24. The zero-order valence-electron chi connectivity index (χ0n) is 11.6. The van der Waals surface area contributed by atoms with Gasteiger partial charge >= 0.3 is 0 Å². The molecule has 0 aliphatic carbocycles. The van der Waals surface area contributed by atoms with Gasteiger partial charge in [0.1, 0.15) is 11.4 Å². The van der Waals surface area contributed by atoms with E-state index in [-0.39, 0.29) is 11.7 Å². The summed E-state index contributed by atoms with van der Waals surface area (Å²) in [5.74, 6) is 0.127. The molecular weight excluding hydrogens is 262 g/mol. The molecule has 104 valence electrons. The van der Waals surface area contributed by atoms with Crippen molar-refractivity contribution in [2.75, 3.05) is 5.73 Å². The molecule has 0 fully saturated rings. The SMILES string of the molecule is Cc1ccc(C(=O)c2[nH]c(N)nc2-c2ccccc2)cc1. The smallest absolute Gasteiger partial charge is 0.211 e. The lowest BCUT2D eigenvalue weighted by Gasteiger charge is -2.03. The molecule has 0 radical (unpaired) electrons. The molecule has 0 amide bonds. The number of aromatic nitrogens is 2. The normalized spacial score (nSPS) is 10.5. The molecule has 3 aromatic rings. The van der Waals surface area contributed by atoms with Crippen LogP contribution in [0.4, 0.5) is 5.95 Å². The van der Waals surface area contributed by atoms with E-state index in [1.807, 2.05) is 61.5 Å². The van der Waals surface area contributed by atoms with Gasteiger partial charge in [0, 0.05) is 11.1 Å². The number of nitrogen functional groups attached to an aromatic ring is 1. The number of aromatic amines is 1. The zero-order chi connectivity index (χ0) is 14.8. The molecule has 4 heteroatoms. The Morgan fingerprint density at radius 2 is 1.71 bits per heavy atom. The maximum atomic E-state index is 12.6. The summed E-state index contributed by atoms with van der Waals surface area (Å²) >= 11 is 0. The number of rotatable bonds is 3. The number of nitrogens with two attached hydrogens (primary N) is 1. The van der Waals surface area contributed by atoms with Crippen LogP contribution >= 0.6 is 0 Å². The maximum absolute atomic E-state index is 12.6. The summed E-state index contributed by atoms with van der Waals surface area (Å²) in [4.78, 5) is 19.8. The molecule has 0 saturated heterocycles. The van der Waals surface area contributed by atoms with Gasteiger partial charge in [-0.2, -0.15) is 0 Å². The van der Waals surface area contributed by atoms with Gasteiger partial charge in [0.05, 0.1) is 0 Å². The molecule has 0 unspecified atom stereocenters. The summed E-state index contributed by atoms with van der Waals surface area (Å²) in [6.45, 7) is 1.98. The number of carbonyl (C=O) groups excluding carboxylic acids is 1. The van der Waals surface area contributed by atoms with Gasteiger partial charge in [0.15, 0.2) is 5.95 Å². The number of anilines is 1. The second-order valence-corrected chi connectivity index (χ2v) is 4.91. The van der Waals surface area contributed by atoms with Crippen molar-refractivity contribution in [1.29, 1.82) is 0 Å². The van der Waals surface area contributed by atoms with Crippen LogP contribution in [0, 0.1) is 6.92 Å². The summed E-state index contributed by atoms with van der Waals surface area (Å²) in [6, 6.07) is 17.0. The van der Waals surface area contributed by atoms with Crippen molar-refractivity contribution in [2.24, 2.45) is 0 Å². The first-order valence-corrected chi connectivity index (χ1v) is 6.67. The summed E-state index contributed by atoms with van der Waals surface area (Å²) in [5, 5.41) is 0. The van der Waals surface area contributed by atoms with Crippen LogP contribution in [0.15, 0.2) is 54.6 Å². The first kappa shape index (κ1) is 13.1. The van der Waals surface area contributed by atoms with E-state index in [1.54, 1.807) is 0 Å². The molecule has 0 spiro atoms. The van der Waals surface area contributed by atoms with Gasteiger partial charge in [-0.1, -0.05) is 60.2 Å². The van der Waals surface area contributed by atoms with E-state index in [2.05, 4.69) is 9.97 Å². The highest BCUT2D eigenvalue weighted by molar-refractivity contribution is 6.11. The Kier molecular flexibility index (Phi) is 3.28. The number of benzene rings is 2. The molecule has 1 heterocycles. The molecule has 1 aromatic heterocycles. The summed E-state index contributed by atoms with van der Waals surface area (Å²) in [6.07, 6.45) is 0. The number of ketones is 1. The molecule has 0 saturated carbocycles. The lowest BCUT2D eigenvalue weighted by atomic mass is 10.0. The summed E-state index contributed by atoms with van der Waals surface area (Å²) < 4.78 is 0. The average Bonchev–Trinajstić information content (AvgIpc) is 2.90. The fourth-order valence-electron chi connectivity index (χ4n) is 2.21. The largest absolute Gasteiger partial charge is 0.369 e. The van der Waals surface area contributed by atoms with Crippen molar-refractivity contribution in [1.82, 2.24) is 9.97 Å². The van der Waals surface area contributed by atoms with E-state index < -0.39 is 0 Å². The lowest BCUT2D eigenvalue weighted by molar-refractivity contribution is 0.103. The second-order valence-electron chi connectivity index (χ2n) is 4.91. The van der Waals surface area contributed by atoms with Crippen LogP contribution in [0.1, 0.15) is 21.6 Å². The van der Waals surface area contributed by atoms with E-state index in [0.29, 0.717) is 17.0 Å². The minimum absolute atomic E-state index is 0.113. The number of aryl methyl sites for hydroxylation is 1. The molecular formula is C17H15N3O. The quantitative estimate of drug-likeness (QED) is 0.722. The first-order valence-electron chi connectivity index (χ1n) is 6.67. The van der Waals surface area contributed by atoms with E-state index in [0.717, 1.165) is 11.1 Å². The van der Waals surface area contributed by atoms with E-state index >= 15 is 0 Å². The Labute approximate surface area is 122 Å². The lowest BCUT2D eigenvalue weighted by Crippen LogP contribution is -2.04. The predicted octanol–water partition coefficient (Wildman–Crippen LogP) is 3.20. The fraction of sp³-hybridized carbons (Fsp3) is 0.0588. The molecule has 0 aliphatic heterocycles. The van der Waals surface area contributed by atoms with Gasteiger partial charge in [-0.05, 0) is 6.92 Å². The fourth-order valence-corrected chi connectivity index (χ4v) is 2.21. The van der Waals surface area contributed by atoms with Crippen LogP contribution in [0.2, 0.25) is 0 Å². The van der Waals surface area contributed by atoms with E-state index in [4.69, 9.17) is 5.73 Å². The maximum Gasteiger partial charge on any atom is 0.211 e. The molecule has 4 nitrogen and oxygen atoms in total. The van der Waals surface area contributed by atoms with E-state index in [1.165, 1.54) is 0 Å². The third-order valence-electron chi connectivity index (χ3n) is 3.31. The standard InChI is InChI=1S/C17H15N3O/c1-11-7-9-13(10-8-11)16(21)15-14(19-17(18)20-15)12-5-3-2-4-6-12/h2-10H,1H3,(H3,18,19,20). The van der Waals surface area contributed by atoms with Gasteiger partial charge < -0.3 is 10.7 Å².